The number of hydrogen-bond donors (Lipinski definition) is 1. The third kappa shape index (κ3) is 4.15. The Morgan fingerprint density at radius 3 is 2.53 bits per heavy atom. The summed E-state index contributed by atoms with van der Waals surface area (Å²) >= 11 is 3.36. The number of aliphatic hydroxyl groups is 1. The van der Waals surface area contributed by atoms with E-state index in [1.807, 2.05) is 30.3 Å². The maximum absolute atomic E-state index is 12.9. The highest BCUT2D eigenvalue weighted by Gasteiger charge is 2.07. The highest BCUT2D eigenvalue weighted by atomic mass is 79.9. The second kappa shape index (κ2) is 6.83. The molecule has 3 heteroatoms. The molecule has 2 rings (SSSR count). The van der Waals surface area contributed by atoms with Gasteiger partial charge in [-0.2, -0.15) is 0 Å². The lowest BCUT2D eigenvalue weighted by Crippen LogP contribution is -1.98. The van der Waals surface area contributed by atoms with E-state index in [0.29, 0.717) is 6.42 Å². The van der Waals surface area contributed by atoms with Gasteiger partial charge in [0.15, 0.2) is 0 Å². The summed E-state index contributed by atoms with van der Waals surface area (Å²) in [5.74, 6) is -0.236. The van der Waals surface area contributed by atoms with Gasteiger partial charge in [-0.1, -0.05) is 52.3 Å². The van der Waals surface area contributed by atoms with Crippen molar-refractivity contribution in [3.05, 3.63) is 69.9 Å². The molecule has 19 heavy (non-hydrogen) atoms. The summed E-state index contributed by atoms with van der Waals surface area (Å²) in [6.07, 6.45) is 1.96. The minimum atomic E-state index is -0.430. The zero-order valence-corrected chi connectivity index (χ0v) is 12.1. The van der Waals surface area contributed by atoms with Crippen LogP contribution in [0.25, 0.3) is 0 Å². The lowest BCUT2D eigenvalue weighted by Gasteiger charge is -2.11. The molecular weight excluding hydrogens is 307 g/mol. The van der Waals surface area contributed by atoms with Crippen LogP contribution in [0.5, 0.6) is 0 Å². The topological polar surface area (TPSA) is 20.2 Å². The summed E-state index contributed by atoms with van der Waals surface area (Å²) in [5.41, 5.74) is 2.02. The second-order valence-corrected chi connectivity index (χ2v) is 5.41. The predicted octanol–water partition coefficient (Wildman–Crippen LogP) is 4.64. The average molecular weight is 323 g/mol. The highest BCUT2D eigenvalue weighted by Crippen LogP contribution is 2.23. The van der Waals surface area contributed by atoms with E-state index in [2.05, 4.69) is 15.9 Å². The first-order valence-electron chi connectivity index (χ1n) is 6.34. The standard InChI is InChI=1S/C16H16BrFO/c17-15-11-14(18)10-9-12(15)7-4-8-16(19)13-5-2-1-3-6-13/h1-3,5-6,9-11,16,19H,4,7-8H2. The maximum atomic E-state index is 12.9. The molecule has 100 valence electrons. The van der Waals surface area contributed by atoms with Crippen LogP contribution in [0.4, 0.5) is 4.39 Å². The number of aliphatic hydroxyl groups excluding tert-OH is 1. The van der Waals surface area contributed by atoms with Crippen molar-refractivity contribution in [1.29, 1.82) is 0 Å². The van der Waals surface area contributed by atoms with Crippen LogP contribution >= 0.6 is 15.9 Å². The van der Waals surface area contributed by atoms with Gasteiger partial charge in [-0.05, 0) is 42.5 Å². The molecule has 0 saturated heterocycles. The van der Waals surface area contributed by atoms with E-state index in [-0.39, 0.29) is 5.82 Å². The van der Waals surface area contributed by atoms with E-state index in [4.69, 9.17) is 0 Å². The summed E-state index contributed by atoms with van der Waals surface area (Å²) in [7, 11) is 0. The van der Waals surface area contributed by atoms with Crippen molar-refractivity contribution in [3.63, 3.8) is 0 Å². The summed E-state index contributed by atoms with van der Waals surface area (Å²) in [6.45, 7) is 0. The molecule has 1 atom stereocenters. The van der Waals surface area contributed by atoms with E-state index in [1.54, 1.807) is 6.07 Å². The van der Waals surface area contributed by atoms with E-state index in [0.717, 1.165) is 28.4 Å². The molecule has 0 aliphatic carbocycles. The van der Waals surface area contributed by atoms with Gasteiger partial charge in [0.05, 0.1) is 6.10 Å². The Bertz CT molecular complexity index is 528. The van der Waals surface area contributed by atoms with Crippen LogP contribution in [0.15, 0.2) is 53.0 Å². The first-order chi connectivity index (χ1) is 9.16. The van der Waals surface area contributed by atoms with Gasteiger partial charge in [-0.3, -0.25) is 0 Å². The fourth-order valence-electron chi connectivity index (χ4n) is 2.05. The van der Waals surface area contributed by atoms with E-state index in [1.165, 1.54) is 12.1 Å². The van der Waals surface area contributed by atoms with Gasteiger partial charge in [0, 0.05) is 4.47 Å². The van der Waals surface area contributed by atoms with Gasteiger partial charge in [-0.25, -0.2) is 4.39 Å². The monoisotopic (exact) mass is 322 g/mol. The molecule has 0 aliphatic heterocycles. The zero-order valence-electron chi connectivity index (χ0n) is 10.5. The summed E-state index contributed by atoms with van der Waals surface area (Å²) < 4.78 is 13.7. The van der Waals surface area contributed by atoms with Crippen molar-refractivity contribution in [1.82, 2.24) is 0 Å². The largest absolute Gasteiger partial charge is 0.388 e. The van der Waals surface area contributed by atoms with Crippen LogP contribution in [0.3, 0.4) is 0 Å². The zero-order chi connectivity index (χ0) is 13.7. The molecule has 1 N–H and O–H groups in total. The molecule has 0 heterocycles. The van der Waals surface area contributed by atoms with Gasteiger partial charge in [0.25, 0.3) is 0 Å². The highest BCUT2D eigenvalue weighted by molar-refractivity contribution is 9.10. The molecular formula is C16H16BrFO. The molecule has 0 aliphatic rings. The van der Waals surface area contributed by atoms with Gasteiger partial charge >= 0.3 is 0 Å². The first kappa shape index (κ1) is 14.2. The molecule has 0 fully saturated rings. The molecule has 1 nitrogen and oxygen atoms in total. The Morgan fingerprint density at radius 1 is 1.11 bits per heavy atom. The number of hydrogen-bond acceptors (Lipinski definition) is 1. The lowest BCUT2D eigenvalue weighted by atomic mass is 10.0. The number of benzene rings is 2. The van der Waals surface area contributed by atoms with Crippen molar-refractivity contribution < 1.29 is 9.50 Å². The quantitative estimate of drug-likeness (QED) is 0.849. The van der Waals surface area contributed by atoms with Crippen LogP contribution in [0.1, 0.15) is 30.1 Å². The third-order valence-electron chi connectivity index (χ3n) is 3.12. The normalized spacial score (nSPS) is 12.4. The Hall–Kier alpha value is -1.19. The molecule has 0 spiro atoms. The predicted molar refractivity (Wildman–Crippen MR) is 78.4 cm³/mol. The van der Waals surface area contributed by atoms with Crippen molar-refractivity contribution in [2.45, 2.75) is 25.4 Å². The SMILES string of the molecule is OC(CCCc1ccc(F)cc1Br)c1ccccc1. The number of halogens is 2. The minimum Gasteiger partial charge on any atom is -0.388 e. The molecule has 0 amide bonds. The second-order valence-electron chi connectivity index (χ2n) is 4.55. The van der Waals surface area contributed by atoms with Gasteiger partial charge < -0.3 is 5.11 Å². The summed E-state index contributed by atoms with van der Waals surface area (Å²) in [4.78, 5) is 0. The van der Waals surface area contributed by atoms with Crippen molar-refractivity contribution in [3.8, 4) is 0 Å². The van der Waals surface area contributed by atoms with Crippen molar-refractivity contribution in [2.75, 3.05) is 0 Å². The molecule has 2 aromatic carbocycles. The first-order valence-corrected chi connectivity index (χ1v) is 7.13. The Balaban J connectivity index is 1.86. The van der Waals surface area contributed by atoms with Crippen molar-refractivity contribution in [2.24, 2.45) is 0 Å². The lowest BCUT2D eigenvalue weighted by molar-refractivity contribution is 0.164. The Morgan fingerprint density at radius 2 is 1.84 bits per heavy atom. The van der Waals surface area contributed by atoms with E-state index in [9.17, 15) is 9.50 Å². The van der Waals surface area contributed by atoms with Gasteiger partial charge in [0.1, 0.15) is 5.82 Å². The average Bonchev–Trinajstić information content (AvgIpc) is 2.42. The maximum Gasteiger partial charge on any atom is 0.124 e. The smallest absolute Gasteiger partial charge is 0.124 e. The fourth-order valence-corrected chi connectivity index (χ4v) is 2.60. The molecule has 0 saturated carbocycles. The number of rotatable bonds is 5. The molecule has 0 bridgehead atoms. The van der Waals surface area contributed by atoms with Crippen LogP contribution in [-0.2, 0) is 6.42 Å². The molecule has 1 unspecified atom stereocenters. The minimum absolute atomic E-state index is 0.236. The van der Waals surface area contributed by atoms with Crippen LogP contribution in [-0.4, -0.2) is 5.11 Å². The molecule has 0 radical (unpaired) electrons. The van der Waals surface area contributed by atoms with Crippen LogP contribution in [0.2, 0.25) is 0 Å². The summed E-state index contributed by atoms with van der Waals surface area (Å²) in [5, 5.41) is 10.0. The van der Waals surface area contributed by atoms with Gasteiger partial charge in [-0.15, -0.1) is 0 Å². The third-order valence-corrected chi connectivity index (χ3v) is 3.86. The van der Waals surface area contributed by atoms with E-state index < -0.39 is 6.10 Å². The van der Waals surface area contributed by atoms with Gasteiger partial charge in [0.2, 0.25) is 0 Å². The Labute approximate surface area is 121 Å². The molecule has 2 aromatic rings. The summed E-state index contributed by atoms with van der Waals surface area (Å²) in [6, 6.07) is 14.4. The van der Waals surface area contributed by atoms with Crippen LogP contribution in [0, 0.1) is 5.82 Å². The van der Waals surface area contributed by atoms with Crippen LogP contribution < -0.4 is 0 Å². The number of aryl methyl sites for hydroxylation is 1. The molecule has 0 aromatic heterocycles. The van der Waals surface area contributed by atoms with E-state index >= 15 is 0 Å². The Kier molecular flexibility index (Phi) is 5.11. The fraction of sp³-hybridized carbons (Fsp3) is 0.250. The van der Waals surface area contributed by atoms with Crippen molar-refractivity contribution >= 4 is 15.9 Å².